The van der Waals surface area contributed by atoms with Gasteiger partial charge >= 0.3 is 0 Å². The van der Waals surface area contributed by atoms with E-state index in [1.165, 1.54) is 11.1 Å². The zero-order chi connectivity index (χ0) is 36.9. The number of allylic oxidation sites excluding steroid dienone is 10. The van der Waals surface area contributed by atoms with Crippen LogP contribution >= 0.6 is 0 Å². The minimum Gasteiger partial charge on any atom is -0.393 e. The van der Waals surface area contributed by atoms with E-state index in [1.807, 2.05) is 26.0 Å². The second kappa shape index (κ2) is 12.1. The summed E-state index contributed by atoms with van der Waals surface area (Å²) in [5.74, 6) is -0.0527. The van der Waals surface area contributed by atoms with Gasteiger partial charge in [0, 0.05) is 27.6 Å². The Bertz CT molecular complexity index is 1720. The van der Waals surface area contributed by atoms with Gasteiger partial charge in [-0.25, -0.2) is 0 Å². The van der Waals surface area contributed by atoms with Gasteiger partial charge in [0.1, 0.15) is 24.4 Å². The lowest BCUT2D eigenvalue weighted by Crippen LogP contribution is -2.61. The minimum atomic E-state index is -1.56. The Balaban J connectivity index is 0.000000159. The van der Waals surface area contributed by atoms with Crippen LogP contribution in [0.4, 0.5) is 0 Å². The lowest BCUT2D eigenvalue weighted by molar-refractivity contribution is -0.178. The quantitative estimate of drug-likeness (QED) is 0.271. The van der Waals surface area contributed by atoms with Crippen LogP contribution in [-0.4, -0.2) is 79.2 Å². The van der Waals surface area contributed by atoms with Crippen LogP contribution in [0.1, 0.15) is 91.9 Å². The molecule has 0 heterocycles. The fourth-order valence-corrected chi connectivity index (χ4v) is 13.0. The molecular formula is C42H54O9. The van der Waals surface area contributed by atoms with E-state index in [0.29, 0.717) is 31.6 Å². The third-order valence-corrected chi connectivity index (χ3v) is 16.0. The van der Waals surface area contributed by atoms with Crippen molar-refractivity contribution in [2.75, 3.05) is 13.2 Å². The van der Waals surface area contributed by atoms with Crippen molar-refractivity contribution >= 4 is 23.1 Å². The molecular weight excluding hydrogens is 648 g/mol. The first-order valence-electron chi connectivity index (χ1n) is 18.9. The van der Waals surface area contributed by atoms with E-state index in [0.717, 1.165) is 44.1 Å². The lowest BCUT2D eigenvalue weighted by atomic mass is 9.46. The summed E-state index contributed by atoms with van der Waals surface area (Å²) in [6.45, 7) is 6.94. The number of carbonyl (C=O) groups excluding carboxylic acids is 4. The summed E-state index contributed by atoms with van der Waals surface area (Å²) >= 11 is 0. The summed E-state index contributed by atoms with van der Waals surface area (Å²) in [5.41, 5.74) is -1.17. The molecule has 8 rings (SSSR count). The Morgan fingerprint density at radius 2 is 1.33 bits per heavy atom. The highest BCUT2D eigenvalue weighted by Gasteiger charge is 2.68. The van der Waals surface area contributed by atoms with Crippen LogP contribution < -0.4 is 0 Å². The maximum atomic E-state index is 12.4. The predicted molar refractivity (Wildman–Crippen MR) is 189 cm³/mol. The van der Waals surface area contributed by atoms with Gasteiger partial charge in [0.15, 0.2) is 23.1 Å². The number of carbonyl (C=O) groups is 4. The molecule has 0 amide bonds. The largest absolute Gasteiger partial charge is 0.393 e. The van der Waals surface area contributed by atoms with E-state index in [4.69, 9.17) is 0 Å². The third-order valence-electron chi connectivity index (χ3n) is 16.0. The smallest absolute Gasteiger partial charge is 0.190 e. The average Bonchev–Trinajstić information content (AvgIpc) is 3.54. The molecule has 5 N–H and O–H groups in total. The van der Waals surface area contributed by atoms with Gasteiger partial charge in [-0.05, 0) is 119 Å². The van der Waals surface area contributed by atoms with Crippen LogP contribution in [0.25, 0.3) is 0 Å². The third kappa shape index (κ3) is 4.90. The molecule has 8 aliphatic carbocycles. The molecule has 12 atom stereocenters. The van der Waals surface area contributed by atoms with Crippen LogP contribution in [-0.2, 0) is 19.2 Å². The predicted octanol–water partition coefficient (Wildman–Crippen LogP) is 4.06. The molecule has 276 valence electrons. The molecule has 5 fully saturated rings. The molecule has 0 aromatic rings. The lowest BCUT2D eigenvalue weighted by Gasteiger charge is -2.59. The Morgan fingerprint density at radius 3 is 1.98 bits per heavy atom. The number of hydrogen-bond acceptors (Lipinski definition) is 9. The van der Waals surface area contributed by atoms with E-state index < -0.39 is 52.9 Å². The zero-order valence-electron chi connectivity index (χ0n) is 30.4. The number of Topliss-reactive ketones (excluding diaryl/α,β-unsaturated/α-hetero) is 2. The number of aliphatic hydroxyl groups is 5. The normalized spacial score (nSPS) is 47.6. The maximum absolute atomic E-state index is 12.4. The van der Waals surface area contributed by atoms with Crippen molar-refractivity contribution in [3.63, 3.8) is 0 Å². The summed E-state index contributed by atoms with van der Waals surface area (Å²) in [7, 11) is 0. The highest BCUT2D eigenvalue weighted by molar-refractivity contribution is 6.02. The maximum Gasteiger partial charge on any atom is 0.190 e. The molecule has 5 saturated carbocycles. The molecule has 5 unspecified atom stereocenters. The summed E-state index contributed by atoms with van der Waals surface area (Å²) in [6.07, 6.45) is 19.1. The van der Waals surface area contributed by atoms with Crippen molar-refractivity contribution in [1.29, 1.82) is 0 Å². The van der Waals surface area contributed by atoms with Crippen molar-refractivity contribution < 1.29 is 44.7 Å². The second-order valence-electron chi connectivity index (χ2n) is 17.8. The Hall–Kier alpha value is -2.82. The number of aliphatic hydroxyl groups excluding tert-OH is 3. The fourth-order valence-electron chi connectivity index (χ4n) is 13.0. The first kappa shape index (κ1) is 36.5. The van der Waals surface area contributed by atoms with Crippen molar-refractivity contribution in [2.24, 2.45) is 51.2 Å². The molecule has 0 aromatic carbocycles. The van der Waals surface area contributed by atoms with E-state index in [-0.39, 0.29) is 46.1 Å². The fraction of sp³-hybridized carbons (Fsp3) is 0.667. The van der Waals surface area contributed by atoms with Crippen LogP contribution in [0.2, 0.25) is 0 Å². The molecule has 0 spiro atoms. The van der Waals surface area contributed by atoms with Gasteiger partial charge in [-0.3, -0.25) is 19.2 Å². The zero-order valence-corrected chi connectivity index (χ0v) is 30.4. The Labute approximate surface area is 300 Å². The summed E-state index contributed by atoms with van der Waals surface area (Å²) in [6, 6.07) is 0. The molecule has 8 aliphatic rings. The van der Waals surface area contributed by atoms with Gasteiger partial charge < -0.3 is 25.5 Å². The summed E-state index contributed by atoms with van der Waals surface area (Å²) in [5, 5.41) is 52.1. The van der Waals surface area contributed by atoms with Crippen molar-refractivity contribution in [3.05, 3.63) is 59.3 Å². The molecule has 0 aromatic heterocycles. The van der Waals surface area contributed by atoms with Gasteiger partial charge in [0.2, 0.25) is 0 Å². The number of hydrogen-bond donors (Lipinski definition) is 5. The van der Waals surface area contributed by atoms with Crippen molar-refractivity contribution in [3.8, 4) is 0 Å². The minimum absolute atomic E-state index is 0.00912. The number of fused-ring (bicyclic) bond motifs is 10. The van der Waals surface area contributed by atoms with Gasteiger partial charge in [-0.15, -0.1) is 0 Å². The van der Waals surface area contributed by atoms with Gasteiger partial charge in [0.05, 0.1) is 6.10 Å². The Kier molecular flexibility index (Phi) is 8.67. The molecule has 0 radical (unpaired) electrons. The Morgan fingerprint density at radius 1 is 0.765 bits per heavy atom. The van der Waals surface area contributed by atoms with E-state index >= 15 is 0 Å². The topological polar surface area (TPSA) is 169 Å². The molecule has 9 heteroatoms. The van der Waals surface area contributed by atoms with Gasteiger partial charge in [-0.1, -0.05) is 55.7 Å². The number of ketones is 4. The molecule has 51 heavy (non-hydrogen) atoms. The monoisotopic (exact) mass is 702 g/mol. The van der Waals surface area contributed by atoms with Crippen LogP contribution in [0.15, 0.2) is 59.3 Å². The van der Waals surface area contributed by atoms with E-state index in [2.05, 4.69) is 19.9 Å². The molecule has 0 bridgehead atoms. The van der Waals surface area contributed by atoms with Crippen molar-refractivity contribution in [1.82, 2.24) is 0 Å². The highest BCUT2D eigenvalue weighted by Crippen LogP contribution is 2.68. The highest BCUT2D eigenvalue weighted by atomic mass is 16.3. The van der Waals surface area contributed by atoms with Crippen LogP contribution in [0.5, 0.6) is 0 Å². The first-order valence-corrected chi connectivity index (χ1v) is 18.9. The standard InChI is InChI=1S/C21H28O5.C21H26O4/c1-19-7-5-13(23)9-12(19)3-4-14-15-6-8-21(26,17(25)11-22)20(15,2)10-16(24)18(14)19;1-19-8-5-14(23)11-13(19)3-4-15-16(19)6-9-20(2)17(15)7-10-21(20,25)18(24)12-22/h5,7,9,14-16,18,22,24,26H,3-4,6,8,10-11H2,1-2H3;5-6,8,11,15,17,22,25H,3-4,7,9-10,12H2,1-2H3/t14?,15?,16-,18?,19-,20-,21-;15?,17?,19-,20-,21-/m00/s1. The first-order chi connectivity index (χ1) is 23.9. The molecule has 9 nitrogen and oxygen atoms in total. The molecule has 0 saturated heterocycles. The van der Waals surface area contributed by atoms with E-state index in [1.54, 1.807) is 24.3 Å². The molecule has 0 aliphatic heterocycles. The van der Waals surface area contributed by atoms with Crippen LogP contribution in [0.3, 0.4) is 0 Å². The van der Waals surface area contributed by atoms with E-state index in [9.17, 15) is 44.7 Å². The summed E-state index contributed by atoms with van der Waals surface area (Å²) < 4.78 is 0. The van der Waals surface area contributed by atoms with Crippen molar-refractivity contribution in [2.45, 2.75) is 109 Å². The summed E-state index contributed by atoms with van der Waals surface area (Å²) in [4.78, 5) is 48.2. The van der Waals surface area contributed by atoms with Gasteiger partial charge in [0.25, 0.3) is 0 Å². The second-order valence-corrected chi connectivity index (χ2v) is 17.8. The average molecular weight is 703 g/mol. The number of rotatable bonds is 4. The van der Waals surface area contributed by atoms with Crippen LogP contribution in [0, 0.1) is 51.2 Å². The SMILES string of the molecule is C[C@]12C=CC(=O)C=C1CCC1C2=CC[C@@]2(C)C1CC[C@]2(O)C(=O)CO.C[C@]12C=CC(=O)C=C1CCC1C2[C@@H](O)C[C@@]2(C)C1CC[C@]2(O)C(=O)CO. The van der Waals surface area contributed by atoms with Gasteiger partial charge in [-0.2, -0.15) is 0 Å².